The van der Waals surface area contributed by atoms with Gasteiger partial charge in [0.15, 0.2) is 0 Å². The number of hydrogen-bond donors (Lipinski definition) is 0. The molecule has 0 aliphatic rings. The van der Waals surface area contributed by atoms with Crippen LogP contribution in [0.25, 0.3) is 0 Å². The number of aldehydes is 1. The van der Waals surface area contributed by atoms with Crippen LogP contribution in [0.15, 0.2) is 24.3 Å². The van der Waals surface area contributed by atoms with Crippen molar-refractivity contribution in [2.24, 2.45) is 0 Å². The standard InChI is InChI=1S/C11H11F3O/c1-8-3-2-4-9(7-8)10(5-6-15)11(12,13)14/h2-4,6-7,10H,5H2,1H3. The molecule has 0 saturated carbocycles. The SMILES string of the molecule is Cc1cccc(C(CC=O)C(F)(F)F)c1. The molecule has 0 radical (unpaired) electrons. The highest BCUT2D eigenvalue weighted by molar-refractivity contribution is 5.52. The average Bonchev–Trinajstić information content (AvgIpc) is 2.12. The number of halogens is 3. The van der Waals surface area contributed by atoms with Gasteiger partial charge in [0.1, 0.15) is 6.29 Å². The summed E-state index contributed by atoms with van der Waals surface area (Å²) in [4.78, 5) is 10.2. The van der Waals surface area contributed by atoms with Crippen LogP contribution in [0.3, 0.4) is 0 Å². The largest absolute Gasteiger partial charge is 0.396 e. The monoisotopic (exact) mass is 216 g/mol. The van der Waals surface area contributed by atoms with Gasteiger partial charge in [-0.25, -0.2) is 0 Å². The first-order valence-electron chi connectivity index (χ1n) is 4.52. The molecule has 0 spiro atoms. The molecule has 0 saturated heterocycles. The second-order valence-electron chi connectivity index (χ2n) is 3.41. The van der Waals surface area contributed by atoms with Crippen molar-refractivity contribution >= 4 is 6.29 Å². The number of hydrogen-bond acceptors (Lipinski definition) is 1. The molecule has 1 atom stereocenters. The van der Waals surface area contributed by atoms with Crippen LogP contribution in [0.1, 0.15) is 23.5 Å². The number of carbonyl (C=O) groups excluding carboxylic acids is 1. The number of rotatable bonds is 3. The Balaban J connectivity index is 3.04. The molecule has 0 fully saturated rings. The van der Waals surface area contributed by atoms with Gasteiger partial charge in [0.25, 0.3) is 0 Å². The summed E-state index contributed by atoms with van der Waals surface area (Å²) in [6, 6.07) is 6.14. The Kier molecular flexibility index (Phi) is 3.50. The molecule has 0 amide bonds. The fourth-order valence-corrected chi connectivity index (χ4v) is 1.44. The fraction of sp³-hybridized carbons (Fsp3) is 0.364. The topological polar surface area (TPSA) is 17.1 Å². The van der Waals surface area contributed by atoms with E-state index in [4.69, 9.17) is 0 Å². The van der Waals surface area contributed by atoms with Gasteiger partial charge in [-0.1, -0.05) is 29.8 Å². The van der Waals surface area contributed by atoms with Gasteiger partial charge in [0.05, 0.1) is 5.92 Å². The van der Waals surface area contributed by atoms with Gasteiger partial charge in [-0.05, 0) is 12.5 Å². The summed E-state index contributed by atoms with van der Waals surface area (Å²) in [5.74, 6) is -1.69. The van der Waals surface area contributed by atoms with E-state index in [0.717, 1.165) is 5.56 Å². The molecule has 1 nitrogen and oxygen atoms in total. The minimum absolute atomic E-state index is 0.148. The highest BCUT2D eigenvalue weighted by Crippen LogP contribution is 2.36. The van der Waals surface area contributed by atoms with Crippen LogP contribution in [0.5, 0.6) is 0 Å². The van der Waals surface area contributed by atoms with Crippen molar-refractivity contribution in [2.75, 3.05) is 0 Å². The van der Waals surface area contributed by atoms with Gasteiger partial charge in [-0.2, -0.15) is 13.2 Å². The molecule has 0 N–H and O–H groups in total. The van der Waals surface area contributed by atoms with E-state index >= 15 is 0 Å². The first-order valence-corrected chi connectivity index (χ1v) is 4.52. The predicted octanol–water partition coefficient (Wildman–Crippen LogP) is 3.23. The summed E-state index contributed by atoms with van der Waals surface area (Å²) in [6.45, 7) is 1.72. The Morgan fingerprint density at radius 3 is 2.53 bits per heavy atom. The fourth-order valence-electron chi connectivity index (χ4n) is 1.44. The summed E-state index contributed by atoms with van der Waals surface area (Å²) in [7, 11) is 0. The number of alkyl halides is 3. The number of benzene rings is 1. The van der Waals surface area contributed by atoms with E-state index < -0.39 is 18.5 Å². The van der Waals surface area contributed by atoms with E-state index in [-0.39, 0.29) is 5.56 Å². The molecular weight excluding hydrogens is 205 g/mol. The predicted molar refractivity (Wildman–Crippen MR) is 50.7 cm³/mol. The summed E-state index contributed by atoms with van der Waals surface area (Å²) >= 11 is 0. The summed E-state index contributed by atoms with van der Waals surface area (Å²) in [5.41, 5.74) is 0.905. The van der Waals surface area contributed by atoms with E-state index in [2.05, 4.69) is 0 Å². The lowest BCUT2D eigenvalue weighted by Gasteiger charge is -2.18. The zero-order valence-electron chi connectivity index (χ0n) is 8.21. The highest BCUT2D eigenvalue weighted by atomic mass is 19.4. The molecule has 1 rings (SSSR count). The maximum Gasteiger partial charge on any atom is 0.396 e. The van der Waals surface area contributed by atoms with Crippen molar-refractivity contribution in [1.29, 1.82) is 0 Å². The summed E-state index contributed by atoms with van der Waals surface area (Å²) in [6.07, 6.45) is -4.58. The quantitative estimate of drug-likeness (QED) is 0.709. The smallest absolute Gasteiger partial charge is 0.303 e. The van der Waals surface area contributed by atoms with Crippen molar-refractivity contribution in [3.63, 3.8) is 0 Å². The molecule has 15 heavy (non-hydrogen) atoms. The van der Waals surface area contributed by atoms with Crippen LogP contribution in [0.2, 0.25) is 0 Å². The van der Waals surface area contributed by atoms with E-state index in [1.165, 1.54) is 12.1 Å². The van der Waals surface area contributed by atoms with Crippen molar-refractivity contribution < 1.29 is 18.0 Å². The van der Waals surface area contributed by atoms with Gasteiger partial charge in [0, 0.05) is 6.42 Å². The zero-order valence-corrected chi connectivity index (χ0v) is 8.21. The van der Waals surface area contributed by atoms with Crippen LogP contribution in [0.4, 0.5) is 13.2 Å². The van der Waals surface area contributed by atoms with Crippen LogP contribution in [-0.2, 0) is 4.79 Å². The van der Waals surface area contributed by atoms with Crippen LogP contribution < -0.4 is 0 Å². The third-order valence-corrected chi connectivity index (χ3v) is 2.17. The van der Waals surface area contributed by atoms with E-state index in [1.54, 1.807) is 19.1 Å². The molecule has 0 aliphatic heterocycles. The molecule has 0 aliphatic carbocycles. The van der Waals surface area contributed by atoms with Gasteiger partial charge < -0.3 is 4.79 Å². The van der Waals surface area contributed by atoms with E-state index in [9.17, 15) is 18.0 Å². The Morgan fingerprint density at radius 2 is 2.07 bits per heavy atom. The van der Waals surface area contributed by atoms with Crippen LogP contribution in [0, 0.1) is 6.92 Å². The van der Waals surface area contributed by atoms with Crippen LogP contribution >= 0.6 is 0 Å². The maximum atomic E-state index is 12.6. The molecule has 0 bridgehead atoms. The maximum absolute atomic E-state index is 12.6. The van der Waals surface area contributed by atoms with Crippen molar-refractivity contribution in [1.82, 2.24) is 0 Å². The van der Waals surface area contributed by atoms with Gasteiger partial charge in [-0.3, -0.25) is 0 Å². The molecule has 0 aromatic heterocycles. The Hall–Kier alpha value is -1.32. The zero-order chi connectivity index (χ0) is 11.5. The van der Waals surface area contributed by atoms with Gasteiger partial charge >= 0.3 is 6.18 Å². The van der Waals surface area contributed by atoms with Gasteiger partial charge in [-0.15, -0.1) is 0 Å². The number of carbonyl (C=O) groups is 1. The van der Waals surface area contributed by atoms with Crippen LogP contribution in [-0.4, -0.2) is 12.5 Å². The lowest BCUT2D eigenvalue weighted by atomic mass is 9.94. The second kappa shape index (κ2) is 4.47. The summed E-state index contributed by atoms with van der Waals surface area (Å²) < 4.78 is 37.7. The molecule has 82 valence electrons. The minimum Gasteiger partial charge on any atom is -0.303 e. The van der Waals surface area contributed by atoms with E-state index in [0.29, 0.717) is 6.29 Å². The van der Waals surface area contributed by atoms with Crippen molar-refractivity contribution in [3.05, 3.63) is 35.4 Å². The normalized spacial score (nSPS) is 13.6. The minimum atomic E-state index is -4.37. The van der Waals surface area contributed by atoms with E-state index in [1.807, 2.05) is 0 Å². The molecule has 1 aromatic carbocycles. The molecular formula is C11H11F3O. The lowest BCUT2D eigenvalue weighted by molar-refractivity contribution is -0.154. The summed E-state index contributed by atoms with van der Waals surface area (Å²) in [5, 5.41) is 0. The third-order valence-electron chi connectivity index (χ3n) is 2.17. The molecule has 0 heterocycles. The Morgan fingerprint density at radius 1 is 1.40 bits per heavy atom. The molecule has 1 unspecified atom stereocenters. The third kappa shape index (κ3) is 3.08. The van der Waals surface area contributed by atoms with Crippen molar-refractivity contribution in [2.45, 2.75) is 25.4 Å². The first-order chi connectivity index (χ1) is 6.95. The second-order valence-corrected chi connectivity index (χ2v) is 3.41. The Bertz CT molecular complexity index is 344. The first kappa shape index (κ1) is 11.8. The average molecular weight is 216 g/mol. The number of aryl methyl sites for hydroxylation is 1. The lowest BCUT2D eigenvalue weighted by Crippen LogP contribution is -2.21. The highest BCUT2D eigenvalue weighted by Gasteiger charge is 2.40. The molecule has 4 heteroatoms. The molecule has 1 aromatic rings. The van der Waals surface area contributed by atoms with Gasteiger partial charge in [0.2, 0.25) is 0 Å². The Labute approximate surface area is 85.9 Å². The van der Waals surface area contributed by atoms with Crippen molar-refractivity contribution in [3.8, 4) is 0 Å².